The molecule has 4 nitrogen and oxygen atoms in total. The lowest BCUT2D eigenvalue weighted by Gasteiger charge is -2.11. The summed E-state index contributed by atoms with van der Waals surface area (Å²) >= 11 is 1.79. The number of ether oxygens (including phenoxy) is 1. The molecular weight excluding hydrogens is 294 g/mol. The van der Waals surface area contributed by atoms with Crippen molar-refractivity contribution < 1.29 is 4.74 Å². The van der Waals surface area contributed by atoms with Crippen LogP contribution in [0, 0.1) is 0 Å². The fraction of sp³-hybridized carbons (Fsp3) is 0.353. The summed E-state index contributed by atoms with van der Waals surface area (Å²) in [5.41, 5.74) is 1.28. The van der Waals surface area contributed by atoms with Crippen molar-refractivity contribution in [2.24, 2.45) is 4.99 Å². The van der Waals surface area contributed by atoms with Crippen molar-refractivity contribution in [2.45, 2.75) is 12.8 Å². The summed E-state index contributed by atoms with van der Waals surface area (Å²) < 4.78 is 5.16. The number of nitrogens with one attached hydrogen (secondary N) is 2. The third kappa shape index (κ3) is 5.41. The van der Waals surface area contributed by atoms with Crippen LogP contribution in [0.3, 0.4) is 0 Å². The van der Waals surface area contributed by atoms with E-state index in [-0.39, 0.29) is 0 Å². The number of methoxy groups -OCH3 is 1. The van der Waals surface area contributed by atoms with Crippen LogP contribution in [0.2, 0.25) is 0 Å². The van der Waals surface area contributed by atoms with Crippen molar-refractivity contribution >= 4 is 17.3 Å². The molecule has 0 aliphatic rings. The van der Waals surface area contributed by atoms with E-state index in [9.17, 15) is 0 Å². The Labute approximate surface area is 136 Å². The maximum Gasteiger partial charge on any atom is 0.190 e. The zero-order valence-electron chi connectivity index (χ0n) is 13.1. The Morgan fingerprint density at radius 2 is 1.82 bits per heavy atom. The van der Waals surface area contributed by atoms with Crippen LogP contribution in [-0.2, 0) is 12.8 Å². The fourth-order valence-corrected chi connectivity index (χ4v) is 2.81. The highest BCUT2D eigenvalue weighted by Gasteiger charge is 1.99. The minimum absolute atomic E-state index is 0.852. The smallest absolute Gasteiger partial charge is 0.190 e. The molecule has 1 aromatic heterocycles. The van der Waals surface area contributed by atoms with Crippen molar-refractivity contribution in [3.8, 4) is 5.75 Å². The Morgan fingerprint density at radius 3 is 2.41 bits per heavy atom. The van der Waals surface area contributed by atoms with Gasteiger partial charge in [-0.2, -0.15) is 0 Å². The Balaban J connectivity index is 1.67. The van der Waals surface area contributed by atoms with Crippen LogP contribution in [0.15, 0.2) is 46.8 Å². The molecule has 0 aliphatic heterocycles. The van der Waals surface area contributed by atoms with Gasteiger partial charge in [0.25, 0.3) is 0 Å². The molecule has 0 atom stereocenters. The number of hydrogen-bond donors (Lipinski definition) is 2. The lowest BCUT2D eigenvalue weighted by Crippen LogP contribution is -2.39. The molecule has 0 saturated heterocycles. The van der Waals surface area contributed by atoms with Gasteiger partial charge in [-0.3, -0.25) is 4.99 Å². The average Bonchev–Trinajstić information content (AvgIpc) is 3.07. The Morgan fingerprint density at radius 1 is 1.09 bits per heavy atom. The van der Waals surface area contributed by atoms with Gasteiger partial charge in [-0.25, -0.2) is 0 Å². The van der Waals surface area contributed by atoms with Gasteiger partial charge in [-0.05, 0) is 42.0 Å². The van der Waals surface area contributed by atoms with Gasteiger partial charge < -0.3 is 15.4 Å². The molecule has 2 rings (SSSR count). The van der Waals surface area contributed by atoms with Gasteiger partial charge in [-0.1, -0.05) is 18.2 Å². The summed E-state index contributed by atoms with van der Waals surface area (Å²) in [5, 5.41) is 8.78. The average molecular weight is 317 g/mol. The standard InChI is InChI=1S/C17H23N3OS/c1-18-17(20-12-10-16-4-3-13-22-16)19-11-9-14-5-7-15(21-2)8-6-14/h3-8,13H,9-12H2,1-2H3,(H2,18,19,20). The second kappa shape index (κ2) is 9.10. The predicted octanol–water partition coefficient (Wildman–Crippen LogP) is 2.71. The van der Waals surface area contributed by atoms with Crippen molar-refractivity contribution in [3.05, 3.63) is 52.2 Å². The molecule has 118 valence electrons. The molecule has 22 heavy (non-hydrogen) atoms. The van der Waals surface area contributed by atoms with Gasteiger partial charge in [0.15, 0.2) is 5.96 Å². The molecule has 1 aromatic carbocycles. The molecule has 0 saturated carbocycles. The van der Waals surface area contributed by atoms with E-state index in [0.717, 1.165) is 37.6 Å². The SMILES string of the molecule is CN=C(NCCc1ccc(OC)cc1)NCCc1cccs1. The summed E-state index contributed by atoms with van der Waals surface area (Å²) in [6, 6.07) is 12.4. The summed E-state index contributed by atoms with van der Waals surface area (Å²) in [7, 11) is 3.48. The largest absolute Gasteiger partial charge is 0.497 e. The topological polar surface area (TPSA) is 45.7 Å². The Hall–Kier alpha value is -2.01. The number of guanidine groups is 1. The highest BCUT2D eigenvalue weighted by molar-refractivity contribution is 7.09. The van der Waals surface area contributed by atoms with Gasteiger partial charge in [0.2, 0.25) is 0 Å². The first kappa shape index (κ1) is 16.4. The van der Waals surface area contributed by atoms with E-state index in [1.54, 1.807) is 25.5 Å². The van der Waals surface area contributed by atoms with Gasteiger partial charge in [0, 0.05) is 25.0 Å². The zero-order chi connectivity index (χ0) is 15.6. The molecule has 2 N–H and O–H groups in total. The molecule has 0 bridgehead atoms. The van der Waals surface area contributed by atoms with E-state index >= 15 is 0 Å². The molecule has 0 amide bonds. The minimum atomic E-state index is 0.852. The number of benzene rings is 1. The number of hydrogen-bond acceptors (Lipinski definition) is 3. The monoisotopic (exact) mass is 317 g/mol. The second-order valence-electron chi connectivity index (χ2n) is 4.85. The van der Waals surface area contributed by atoms with Crippen LogP contribution in [0.4, 0.5) is 0 Å². The van der Waals surface area contributed by atoms with Gasteiger partial charge in [0.1, 0.15) is 5.75 Å². The van der Waals surface area contributed by atoms with Gasteiger partial charge >= 0.3 is 0 Å². The van der Waals surface area contributed by atoms with Crippen molar-refractivity contribution in [3.63, 3.8) is 0 Å². The molecule has 0 aliphatic carbocycles. The zero-order valence-corrected chi connectivity index (χ0v) is 14.0. The molecule has 0 fully saturated rings. The number of thiophene rings is 1. The number of nitrogens with zero attached hydrogens (tertiary/aromatic N) is 1. The minimum Gasteiger partial charge on any atom is -0.497 e. The third-order valence-corrected chi connectivity index (χ3v) is 4.27. The van der Waals surface area contributed by atoms with Gasteiger partial charge in [-0.15, -0.1) is 11.3 Å². The summed E-state index contributed by atoms with van der Waals surface area (Å²) in [4.78, 5) is 5.63. The molecular formula is C17H23N3OS. The first-order valence-electron chi connectivity index (χ1n) is 7.41. The van der Waals surface area contributed by atoms with Crippen molar-refractivity contribution in [1.82, 2.24) is 10.6 Å². The first-order valence-corrected chi connectivity index (χ1v) is 8.29. The van der Waals surface area contributed by atoms with Crippen molar-refractivity contribution in [2.75, 3.05) is 27.2 Å². The summed E-state index contributed by atoms with van der Waals surface area (Å²) in [5.74, 6) is 1.74. The number of rotatable bonds is 7. The molecule has 2 aromatic rings. The van der Waals surface area contributed by atoms with Crippen LogP contribution in [0.25, 0.3) is 0 Å². The maximum atomic E-state index is 5.16. The summed E-state index contributed by atoms with van der Waals surface area (Å²) in [6.07, 6.45) is 1.98. The van der Waals surface area contributed by atoms with E-state index in [2.05, 4.69) is 45.3 Å². The molecule has 1 heterocycles. The molecule has 0 unspecified atom stereocenters. The van der Waals surface area contributed by atoms with Crippen LogP contribution in [0.5, 0.6) is 5.75 Å². The highest BCUT2D eigenvalue weighted by atomic mass is 32.1. The van der Waals surface area contributed by atoms with E-state index in [4.69, 9.17) is 4.74 Å². The van der Waals surface area contributed by atoms with E-state index in [1.807, 2.05) is 12.1 Å². The predicted molar refractivity (Wildman–Crippen MR) is 94.1 cm³/mol. The van der Waals surface area contributed by atoms with Crippen LogP contribution in [-0.4, -0.2) is 33.2 Å². The Bertz CT molecular complexity index is 564. The molecule has 0 spiro atoms. The van der Waals surface area contributed by atoms with Crippen molar-refractivity contribution in [1.29, 1.82) is 0 Å². The van der Waals surface area contributed by atoms with E-state index < -0.39 is 0 Å². The van der Waals surface area contributed by atoms with Crippen LogP contribution >= 0.6 is 11.3 Å². The normalized spacial score (nSPS) is 11.3. The van der Waals surface area contributed by atoms with Crippen LogP contribution in [0.1, 0.15) is 10.4 Å². The maximum absolute atomic E-state index is 5.16. The highest BCUT2D eigenvalue weighted by Crippen LogP contribution is 2.11. The second-order valence-corrected chi connectivity index (χ2v) is 5.89. The summed E-state index contributed by atoms with van der Waals surface area (Å²) in [6.45, 7) is 1.74. The van der Waals surface area contributed by atoms with Gasteiger partial charge in [0.05, 0.1) is 7.11 Å². The van der Waals surface area contributed by atoms with Crippen LogP contribution < -0.4 is 15.4 Å². The molecule has 5 heteroatoms. The number of aliphatic imine (C=N–C) groups is 1. The van der Waals surface area contributed by atoms with E-state index in [1.165, 1.54) is 10.4 Å². The lowest BCUT2D eigenvalue weighted by atomic mass is 10.1. The molecule has 0 radical (unpaired) electrons. The Kier molecular flexibility index (Phi) is 6.77. The fourth-order valence-electron chi connectivity index (χ4n) is 2.10. The quantitative estimate of drug-likeness (QED) is 0.610. The van der Waals surface area contributed by atoms with E-state index in [0.29, 0.717) is 0 Å². The first-order chi connectivity index (χ1) is 10.8. The lowest BCUT2D eigenvalue weighted by molar-refractivity contribution is 0.414. The third-order valence-electron chi connectivity index (χ3n) is 3.33.